The molecule has 3 heteroatoms. The van der Waals surface area contributed by atoms with Crippen molar-refractivity contribution in [1.29, 1.82) is 0 Å². The molecule has 1 heterocycles. The monoisotopic (exact) mass is 188 g/mol. The highest BCUT2D eigenvalue weighted by Crippen LogP contribution is 2.17. The predicted molar refractivity (Wildman–Crippen MR) is 36.9 cm³/mol. The zero-order chi connectivity index (χ0) is 6.85. The van der Waals surface area contributed by atoms with Crippen LogP contribution in [-0.2, 0) is 9.53 Å². The van der Waals surface area contributed by atoms with Crippen molar-refractivity contribution in [2.75, 3.05) is 0 Å². The van der Waals surface area contributed by atoms with Gasteiger partial charge in [-0.2, -0.15) is 0 Å². The fraction of sp³-hybridized carbons (Fsp3) is 0.167. The van der Waals surface area contributed by atoms with Gasteiger partial charge in [-0.1, -0.05) is 15.9 Å². The van der Waals surface area contributed by atoms with Gasteiger partial charge in [0.05, 0.1) is 0 Å². The summed E-state index contributed by atoms with van der Waals surface area (Å²) in [5.74, 6) is 0.295. The molecule has 0 N–H and O–H groups in total. The first-order valence-corrected chi connectivity index (χ1v) is 3.26. The number of carbonyl (C=O) groups is 1. The van der Waals surface area contributed by atoms with E-state index in [1.54, 1.807) is 6.08 Å². The molecular weight excluding hydrogens is 184 g/mol. The smallest absolute Gasteiger partial charge is 0.336 e. The molecule has 0 spiro atoms. The van der Waals surface area contributed by atoms with Gasteiger partial charge in [-0.3, -0.25) is 0 Å². The lowest BCUT2D eigenvalue weighted by Crippen LogP contribution is -1.90. The van der Waals surface area contributed by atoms with E-state index in [1.807, 2.05) is 6.92 Å². The van der Waals surface area contributed by atoms with E-state index in [9.17, 15) is 4.79 Å². The molecule has 0 radical (unpaired) electrons. The highest BCUT2D eigenvalue weighted by molar-refractivity contribution is 9.11. The molecule has 2 nitrogen and oxygen atoms in total. The molecule has 1 aliphatic heterocycles. The van der Waals surface area contributed by atoms with Crippen molar-refractivity contribution in [3.05, 3.63) is 22.4 Å². The number of hydrogen-bond acceptors (Lipinski definition) is 2. The van der Waals surface area contributed by atoms with Crippen LogP contribution in [0.2, 0.25) is 0 Å². The Hall–Kier alpha value is -0.570. The molecule has 0 amide bonds. The maximum atomic E-state index is 10.4. The minimum Gasteiger partial charge on any atom is -0.423 e. The van der Waals surface area contributed by atoms with Crippen LogP contribution in [0, 0.1) is 0 Å². The van der Waals surface area contributed by atoms with Gasteiger partial charge in [0, 0.05) is 10.6 Å². The average Bonchev–Trinajstić information content (AvgIpc) is 2.14. The van der Waals surface area contributed by atoms with E-state index in [1.165, 1.54) is 6.08 Å². The quantitative estimate of drug-likeness (QED) is 0.542. The van der Waals surface area contributed by atoms with E-state index >= 15 is 0 Å². The molecule has 0 aliphatic carbocycles. The average molecular weight is 189 g/mol. The largest absolute Gasteiger partial charge is 0.423 e. The molecule has 0 atom stereocenters. The van der Waals surface area contributed by atoms with Gasteiger partial charge in [-0.25, -0.2) is 4.79 Å². The minimum absolute atomic E-state index is 0.302. The van der Waals surface area contributed by atoms with E-state index in [4.69, 9.17) is 4.74 Å². The number of allylic oxidation sites excluding steroid dienone is 2. The molecule has 1 rings (SSSR count). The normalized spacial score (nSPS) is 22.2. The Morgan fingerprint density at radius 2 is 2.33 bits per heavy atom. The maximum absolute atomic E-state index is 10.4. The summed E-state index contributed by atoms with van der Waals surface area (Å²) >= 11 is 3.18. The second-order valence-corrected chi connectivity index (χ2v) is 2.84. The number of carbonyl (C=O) groups excluding carboxylic acids is 1. The molecule has 0 fully saturated rings. The molecular formula is C6H5BrO2. The van der Waals surface area contributed by atoms with Gasteiger partial charge in [-0.05, 0) is 13.0 Å². The standard InChI is InChI=1S/C6H5BrO2/c1-4(7)5-2-3-6(8)9-5/h2-3H,1H3/b5-4+. The minimum atomic E-state index is -0.302. The molecule has 1 aliphatic rings. The summed E-state index contributed by atoms with van der Waals surface area (Å²) in [6.45, 7) is 1.82. The third-order valence-electron chi connectivity index (χ3n) is 0.921. The molecule has 0 aromatic carbocycles. The van der Waals surface area contributed by atoms with Crippen molar-refractivity contribution in [2.24, 2.45) is 0 Å². The van der Waals surface area contributed by atoms with Crippen LogP contribution in [0.3, 0.4) is 0 Å². The van der Waals surface area contributed by atoms with Crippen LogP contribution in [0.1, 0.15) is 6.92 Å². The number of halogens is 1. The molecule has 0 saturated heterocycles. The molecule has 0 unspecified atom stereocenters. The molecule has 9 heavy (non-hydrogen) atoms. The number of rotatable bonds is 0. The fourth-order valence-corrected chi connectivity index (χ4v) is 0.718. The number of esters is 1. The summed E-state index contributed by atoms with van der Waals surface area (Å²) in [4.78, 5) is 10.4. The van der Waals surface area contributed by atoms with Gasteiger partial charge in [-0.15, -0.1) is 0 Å². The number of cyclic esters (lactones) is 1. The first-order chi connectivity index (χ1) is 4.20. The van der Waals surface area contributed by atoms with Crippen LogP contribution < -0.4 is 0 Å². The van der Waals surface area contributed by atoms with E-state index in [2.05, 4.69) is 15.9 Å². The maximum Gasteiger partial charge on any atom is 0.336 e. The predicted octanol–water partition coefficient (Wildman–Crippen LogP) is 1.73. The summed E-state index contributed by atoms with van der Waals surface area (Å²) in [6, 6.07) is 0. The van der Waals surface area contributed by atoms with Gasteiger partial charge in [0.15, 0.2) is 0 Å². The van der Waals surface area contributed by atoms with Crippen LogP contribution in [-0.4, -0.2) is 5.97 Å². The molecule has 0 aromatic heterocycles. The molecule has 0 aromatic rings. The SMILES string of the molecule is C/C(Br)=C1/C=CC(=O)O1. The first-order valence-electron chi connectivity index (χ1n) is 2.46. The highest BCUT2D eigenvalue weighted by Gasteiger charge is 2.10. The Balaban J connectivity index is 2.83. The van der Waals surface area contributed by atoms with Crippen LogP contribution in [0.5, 0.6) is 0 Å². The molecule has 0 saturated carbocycles. The first kappa shape index (κ1) is 6.55. The van der Waals surface area contributed by atoms with Crippen molar-refractivity contribution < 1.29 is 9.53 Å². The van der Waals surface area contributed by atoms with E-state index in [-0.39, 0.29) is 5.97 Å². The lowest BCUT2D eigenvalue weighted by Gasteiger charge is -1.94. The van der Waals surface area contributed by atoms with E-state index in [0.29, 0.717) is 5.76 Å². The van der Waals surface area contributed by atoms with Gasteiger partial charge >= 0.3 is 5.97 Å². The fourth-order valence-electron chi connectivity index (χ4n) is 0.505. The van der Waals surface area contributed by atoms with Crippen LogP contribution in [0.4, 0.5) is 0 Å². The van der Waals surface area contributed by atoms with Crippen molar-refractivity contribution in [1.82, 2.24) is 0 Å². The summed E-state index contributed by atoms with van der Waals surface area (Å²) in [5, 5.41) is 0. The summed E-state index contributed by atoms with van der Waals surface area (Å²) in [6.07, 6.45) is 3.02. The van der Waals surface area contributed by atoms with E-state index in [0.717, 1.165) is 4.48 Å². The van der Waals surface area contributed by atoms with Crippen molar-refractivity contribution >= 4 is 21.9 Å². The van der Waals surface area contributed by atoms with Gasteiger partial charge < -0.3 is 4.74 Å². The molecule has 0 bridgehead atoms. The topological polar surface area (TPSA) is 26.3 Å². The molecule has 48 valence electrons. The Bertz CT molecular complexity index is 199. The third kappa shape index (κ3) is 1.42. The Morgan fingerprint density at radius 3 is 2.56 bits per heavy atom. The van der Waals surface area contributed by atoms with Gasteiger partial charge in [0.2, 0.25) is 0 Å². The van der Waals surface area contributed by atoms with Gasteiger partial charge in [0.25, 0.3) is 0 Å². The highest BCUT2D eigenvalue weighted by atomic mass is 79.9. The lowest BCUT2D eigenvalue weighted by molar-refractivity contribution is -0.132. The van der Waals surface area contributed by atoms with Gasteiger partial charge in [0.1, 0.15) is 5.76 Å². The number of hydrogen-bond donors (Lipinski definition) is 0. The zero-order valence-corrected chi connectivity index (χ0v) is 6.44. The second kappa shape index (κ2) is 2.35. The Labute approximate surface area is 61.3 Å². The van der Waals surface area contributed by atoms with Crippen molar-refractivity contribution in [3.63, 3.8) is 0 Å². The van der Waals surface area contributed by atoms with Crippen LogP contribution in [0.25, 0.3) is 0 Å². The van der Waals surface area contributed by atoms with Crippen LogP contribution in [0.15, 0.2) is 22.4 Å². The zero-order valence-electron chi connectivity index (χ0n) is 4.85. The Kier molecular flexibility index (Phi) is 1.71. The number of ether oxygens (including phenoxy) is 1. The summed E-state index contributed by atoms with van der Waals surface area (Å²) in [7, 11) is 0. The van der Waals surface area contributed by atoms with E-state index < -0.39 is 0 Å². The Morgan fingerprint density at radius 1 is 1.67 bits per heavy atom. The summed E-state index contributed by atoms with van der Waals surface area (Å²) < 4.78 is 5.54. The second-order valence-electron chi connectivity index (χ2n) is 1.65. The van der Waals surface area contributed by atoms with Crippen LogP contribution >= 0.6 is 15.9 Å². The van der Waals surface area contributed by atoms with Crippen molar-refractivity contribution in [2.45, 2.75) is 6.92 Å². The summed E-state index contributed by atoms with van der Waals surface area (Å²) in [5.41, 5.74) is 0. The lowest BCUT2D eigenvalue weighted by atomic mass is 10.4. The van der Waals surface area contributed by atoms with Crippen molar-refractivity contribution in [3.8, 4) is 0 Å². The third-order valence-corrected chi connectivity index (χ3v) is 1.31.